The zero-order valence-corrected chi connectivity index (χ0v) is 8.62. The van der Waals surface area contributed by atoms with Crippen LogP contribution in [-0.4, -0.2) is 12.1 Å². The van der Waals surface area contributed by atoms with Crippen LogP contribution in [0.15, 0.2) is 12.7 Å². The first kappa shape index (κ1) is 10.3. The van der Waals surface area contributed by atoms with Crippen LogP contribution in [0.4, 0.5) is 0 Å². The summed E-state index contributed by atoms with van der Waals surface area (Å²) in [5, 5.41) is 0. The van der Waals surface area contributed by atoms with Crippen molar-refractivity contribution in [2.24, 2.45) is 17.8 Å². The average Bonchev–Trinajstić information content (AvgIpc) is 2.32. The van der Waals surface area contributed by atoms with Crippen LogP contribution in [0.1, 0.15) is 27.2 Å². The molecule has 0 amide bonds. The van der Waals surface area contributed by atoms with E-state index in [-0.39, 0.29) is 12.1 Å². The molecule has 2 nitrogen and oxygen atoms in total. The van der Waals surface area contributed by atoms with Crippen molar-refractivity contribution in [2.45, 2.75) is 33.3 Å². The molecule has 0 aliphatic heterocycles. The Morgan fingerprint density at radius 3 is 2.38 bits per heavy atom. The summed E-state index contributed by atoms with van der Waals surface area (Å²) in [4.78, 5) is 11.0. The van der Waals surface area contributed by atoms with Gasteiger partial charge < -0.3 is 4.74 Å². The SMILES string of the molecule is C=CC(=O)OC1C(C)CC(C)C1C. The van der Waals surface area contributed by atoms with Crippen molar-refractivity contribution in [3.8, 4) is 0 Å². The summed E-state index contributed by atoms with van der Waals surface area (Å²) in [5.74, 6) is 1.31. The summed E-state index contributed by atoms with van der Waals surface area (Å²) in [7, 11) is 0. The van der Waals surface area contributed by atoms with Gasteiger partial charge in [0.05, 0.1) is 0 Å². The van der Waals surface area contributed by atoms with Gasteiger partial charge in [0.2, 0.25) is 0 Å². The van der Waals surface area contributed by atoms with Crippen LogP contribution in [0.25, 0.3) is 0 Å². The van der Waals surface area contributed by atoms with Gasteiger partial charge in [0.25, 0.3) is 0 Å². The Kier molecular flexibility index (Phi) is 3.12. The Balaban J connectivity index is 2.58. The summed E-state index contributed by atoms with van der Waals surface area (Å²) in [5.41, 5.74) is 0. The number of ether oxygens (including phenoxy) is 1. The number of esters is 1. The quantitative estimate of drug-likeness (QED) is 0.484. The maximum atomic E-state index is 11.0. The summed E-state index contributed by atoms with van der Waals surface area (Å²) in [6, 6.07) is 0. The second-order valence-corrected chi connectivity index (χ2v) is 4.16. The topological polar surface area (TPSA) is 26.3 Å². The fraction of sp³-hybridized carbons (Fsp3) is 0.727. The van der Waals surface area contributed by atoms with E-state index < -0.39 is 0 Å². The highest BCUT2D eigenvalue weighted by Crippen LogP contribution is 2.37. The van der Waals surface area contributed by atoms with Crippen molar-refractivity contribution in [3.05, 3.63) is 12.7 Å². The summed E-state index contributed by atoms with van der Waals surface area (Å²) in [6.45, 7) is 9.90. The monoisotopic (exact) mass is 182 g/mol. The fourth-order valence-electron chi connectivity index (χ4n) is 2.18. The van der Waals surface area contributed by atoms with Crippen molar-refractivity contribution in [3.63, 3.8) is 0 Å². The third-order valence-corrected chi connectivity index (χ3v) is 3.14. The van der Waals surface area contributed by atoms with E-state index in [2.05, 4.69) is 27.4 Å². The first-order chi connectivity index (χ1) is 6.06. The minimum atomic E-state index is -0.294. The fourth-order valence-corrected chi connectivity index (χ4v) is 2.18. The van der Waals surface area contributed by atoms with Crippen LogP contribution >= 0.6 is 0 Å². The highest BCUT2D eigenvalue weighted by atomic mass is 16.5. The Labute approximate surface area is 80.0 Å². The third kappa shape index (κ3) is 2.11. The Bertz CT molecular complexity index is 210. The summed E-state index contributed by atoms with van der Waals surface area (Å²) < 4.78 is 5.30. The lowest BCUT2D eigenvalue weighted by Gasteiger charge is -2.20. The van der Waals surface area contributed by atoms with Gasteiger partial charge in [0, 0.05) is 6.08 Å². The molecule has 1 aliphatic rings. The molecule has 4 atom stereocenters. The van der Waals surface area contributed by atoms with Gasteiger partial charge in [-0.2, -0.15) is 0 Å². The van der Waals surface area contributed by atoms with E-state index in [1.54, 1.807) is 0 Å². The first-order valence-corrected chi connectivity index (χ1v) is 4.89. The summed E-state index contributed by atoms with van der Waals surface area (Å²) >= 11 is 0. The Morgan fingerprint density at radius 1 is 1.38 bits per heavy atom. The van der Waals surface area contributed by atoms with Crippen LogP contribution in [-0.2, 0) is 9.53 Å². The lowest BCUT2D eigenvalue weighted by atomic mass is 9.99. The molecule has 1 fully saturated rings. The molecule has 0 aromatic heterocycles. The molecule has 0 bridgehead atoms. The molecule has 0 saturated heterocycles. The van der Waals surface area contributed by atoms with E-state index in [1.165, 1.54) is 6.08 Å². The van der Waals surface area contributed by atoms with Crippen molar-refractivity contribution in [2.75, 3.05) is 0 Å². The Hall–Kier alpha value is -0.790. The first-order valence-electron chi connectivity index (χ1n) is 4.89. The zero-order valence-electron chi connectivity index (χ0n) is 8.62. The normalized spacial score (nSPS) is 38.7. The van der Waals surface area contributed by atoms with Gasteiger partial charge in [0.1, 0.15) is 6.10 Å². The van der Waals surface area contributed by atoms with Crippen molar-refractivity contribution >= 4 is 5.97 Å². The van der Waals surface area contributed by atoms with Crippen LogP contribution in [0.5, 0.6) is 0 Å². The minimum Gasteiger partial charge on any atom is -0.459 e. The van der Waals surface area contributed by atoms with Crippen molar-refractivity contribution in [1.29, 1.82) is 0 Å². The van der Waals surface area contributed by atoms with E-state index in [0.717, 1.165) is 6.42 Å². The second kappa shape index (κ2) is 3.95. The van der Waals surface area contributed by atoms with E-state index in [9.17, 15) is 4.79 Å². The predicted molar refractivity (Wildman–Crippen MR) is 52.2 cm³/mol. The largest absolute Gasteiger partial charge is 0.459 e. The molecule has 13 heavy (non-hydrogen) atoms. The van der Waals surface area contributed by atoms with E-state index >= 15 is 0 Å². The van der Waals surface area contributed by atoms with Gasteiger partial charge in [-0.05, 0) is 24.2 Å². The summed E-state index contributed by atoms with van der Waals surface area (Å²) in [6.07, 6.45) is 2.47. The number of hydrogen-bond acceptors (Lipinski definition) is 2. The van der Waals surface area contributed by atoms with Crippen LogP contribution in [0, 0.1) is 17.8 Å². The van der Waals surface area contributed by atoms with Gasteiger partial charge >= 0.3 is 5.97 Å². The maximum Gasteiger partial charge on any atom is 0.330 e. The molecule has 1 aliphatic carbocycles. The highest BCUT2D eigenvalue weighted by molar-refractivity contribution is 5.81. The van der Waals surface area contributed by atoms with E-state index in [0.29, 0.717) is 17.8 Å². The van der Waals surface area contributed by atoms with Gasteiger partial charge in [0.15, 0.2) is 0 Å². The number of carbonyl (C=O) groups is 1. The van der Waals surface area contributed by atoms with Gasteiger partial charge in [-0.25, -0.2) is 4.79 Å². The van der Waals surface area contributed by atoms with E-state index in [1.807, 2.05) is 0 Å². The molecule has 2 heteroatoms. The Morgan fingerprint density at radius 2 is 2.00 bits per heavy atom. The van der Waals surface area contributed by atoms with E-state index in [4.69, 9.17) is 4.74 Å². The van der Waals surface area contributed by atoms with Gasteiger partial charge in [-0.15, -0.1) is 0 Å². The van der Waals surface area contributed by atoms with Gasteiger partial charge in [-0.1, -0.05) is 27.4 Å². The van der Waals surface area contributed by atoms with Gasteiger partial charge in [-0.3, -0.25) is 0 Å². The highest BCUT2D eigenvalue weighted by Gasteiger charge is 2.37. The van der Waals surface area contributed by atoms with Crippen LogP contribution in [0.3, 0.4) is 0 Å². The molecule has 1 saturated carbocycles. The van der Waals surface area contributed by atoms with Crippen LogP contribution < -0.4 is 0 Å². The molecule has 0 aromatic carbocycles. The standard InChI is InChI=1S/C11H18O2/c1-5-10(12)13-11-8(3)6-7(2)9(11)4/h5,7-9,11H,1,6H2,2-4H3. The molecule has 74 valence electrons. The molecule has 0 aromatic rings. The molecule has 4 unspecified atom stereocenters. The molecular formula is C11H18O2. The molecule has 0 heterocycles. The number of carbonyl (C=O) groups excluding carboxylic acids is 1. The van der Waals surface area contributed by atoms with Crippen LogP contribution in [0.2, 0.25) is 0 Å². The van der Waals surface area contributed by atoms with Crippen molar-refractivity contribution < 1.29 is 9.53 Å². The molecule has 0 radical (unpaired) electrons. The predicted octanol–water partition coefficient (Wildman–Crippen LogP) is 2.40. The average molecular weight is 182 g/mol. The lowest BCUT2D eigenvalue weighted by Crippen LogP contribution is -2.25. The second-order valence-electron chi connectivity index (χ2n) is 4.16. The molecule has 0 N–H and O–H groups in total. The smallest absolute Gasteiger partial charge is 0.330 e. The number of hydrogen-bond donors (Lipinski definition) is 0. The minimum absolute atomic E-state index is 0.0838. The zero-order chi connectivity index (χ0) is 10.0. The van der Waals surface area contributed by atoms with Crippen molar-refractivity contribution in [1.82, 2.24) is 0 Å². The molecule has 0 spiro atoms. The molecular weight excluding hydrogens is 164 g/mol. The maximum absolute atomic E-state index is 11.0. The lowest BCUT2D eigenvalue weighted by molar-refractivity contribution is -0.146. The molecule has 1 rings (SSSR count). The number of rotatable bonds is 2. The third-order valence-electron chi connectivity index (χ3n) is 3.14.